The van der Waals surface area contributed by atoms with Crippen LogP contribution in [0.1, 0.15) is 62.1 Å². The van der Waals surface area contributed by atoms with Crippen molar-refractivity contribution < 1.29 is 33.9 Å². The van der Waals surface area contributed by atoms with Crippen LogP contribution in [0.4, 0.5) is 0 Å². The van der Waals surface area contributed by atoms with Gasteiger partial charge in [0.05, 0.1) is 25.0 Å². The third-order valence-electron chi connectivity index (χ3n) is 5.72. The number of aliphatic carboxylic acids is 1. The monoisotopic (exact) mass is 487 g/mol. The van der Waals surface area contributed by atoms with E-state index < -0.39 is 23.8 Å². The standard InChI is InChI=1S/C25H33N3O7/c1-3-5-6-7-19(20(4-2)28(34)16-29)24(32)26-15-27-25(33)22-13-12-21(35-22)18-10-8-17(9-11-18)14-23(30)31/h8-13,16,19-20,34H,3-7,14-15H2,1-2H3,(H,26,32)(H,27,33)(H,30,31). The Morgan fingerprint density at radius 1 is 1.06 bits per heavy atom. The van der Waals surface area contributed by atoms with Crippen molar-refractivity contribution in [1.82, 2.24) is 15.7 Å². The van der Waals surface area contributed by atoms with E-state index in [1.54, 1.807) is 37.3 Å². The molecule has 190 valence electrons. The Morgan fingerprint density at radius 2 is 1.77 bits per heavy atom. The highest BCUT2D eigenvalue weighted by molar-refractivity contribution is 5.92. The van der Waals surface area contributed by atoms with E-state index in [1.165, 1.54) is 6.07 Å². The molecular formula is C25H33N3O7. The maximum absolute atomic E-state index is 12.8. The molecule has 0 aliphatic heterocycles. The molecule has 2 unspecified atom stereocenters. The van der Waals surface area contributed by atoms with Gasteiger partial charge in [0.15, 0.2) is 5.76 Å². The summed E-state index contributed by atoms with van der Waals surface area (Å²) in [7, 11) is 0. The van der Waals surface area contributed by atoms with Crippen LogP contribution in [-0.2, 0) is 20.8 Å². The van der Waals surface area contributed by atoms with Crippen LogP contribution < -0.4 is 10.6 Å². The average molecular weight is 488 g/mol. The van der Waals surface area contributed by atoms with Crippen molar-refractivity contribution in [2.45, 2.75) is 58.4 Å². The van der Waals surface area contributed by atoms with Gasteiger partial charge in [0.25, 0.3) is 5.91 Å². The molecule has 0 bridgehead atoms. The number of hydroxylamine groups is 2. The summed E-state index contributed by atoms with van der Waals surface area (Å²) in [6.45, 7) is 3.68. The van der Waals surface area contributed by atoms with Gasteiger partial charge in [-0.1, -0.05) is 57.4 Å². The zero-order valence-corrected chi connectivity index (χ0v) is 20.0. The molecule has 0 spiro atoms. The molecule has 2 atom stereocenters. The van der Waals surface area contributed by atoms with Crippen molar-refractivity contribution in [3.63, 3.8) is 0 Å². The number of carboxylic acids is 1. The molecule has 0 fully saturated rings. The second-order valence-corrected chi connectivity index (χ2v) is 8.22. The van der Waals surface area contributed by atoms with E-state index in [0.29, 0.717) is 41.2 Å². The molecule has 0 aliphatic carbocycles. The normalized spacial score (nSPS) is 12.4. The minimum absolute atomic E-state index is 0.0530. The number of nitrogens with one attached hydrogen (secondary N) is 2. The molecule has 10 heteroatoms. The number of rotatable bonds is 15. The van der Waals surface area contributed by atoms with E-state index in [1.807, 2.05) is 6.92 Å². The number of nitrogens with zero attached hydrogens (tertiary/aromatic N) is 1. The molecule has 3 amide bonds. The van der Waals surface area contributed by atoms with E-state index in [2.05, 4.69) is 10.6 Å². The summed E-state index contributed by atoms with van der Waals surface area (Å²) in [6, 6.07) is 9.27. The van der Waals surface area contributed by atoms with Crippen molar-refractivity contribution in [1.29, 1.82) is 0 Å². The maximum atomic E-state index is 12.8. The van der Waals surface area contributed by atoms with E-state index in [9.17, 15) is 24.4 Å². The molecule has 4 N–H and O–H groups in total. The highest BCUT2D eigenvalue weighted by Crippen LogP contribution is 2.23. The molecule has 10 nitrogen and oxygen atoms in total. The Kier molecular flexibility index (Phi) is 11.0. The van der Waals surface area contributed by atoms with Crippen LogP contribution in [0.25, 0.3) is 11.3 Å². The van der Waals surface area contributed by atoms with Gasteiger partial charge in [-0.25, -0.2) is 5.06 Å². The summed E-state index contributed by atoms with van der Waals surface area (Å²) >= 11 is 0. The molecule has 0 saturated carbocycles. The summed E-state index contributed by atoms with van der Waals surface area (Å²) in [5.41, 5.74) is 1.34. The first-order chi connectivity index (χ1) is 16.8. The minimum Gasteiger partial charge on any atom is -0.481 e. The molecular weight excluding hydrogens is 454 g/mol. The average Bonchev–Trinajstić information content (AvgIpc) is 3.34. The Balaban J connectivity index is 1.95. The smallest absolute Gasteiger partial charge is 0.307 e. The number of hydrogen-bond acceptors (Lipinski definition) is 6. The van der Waals surface area contributed by atoms with Gasteiger partial charge in [0.2, 0.25) is 12.3 Å². The van der Waals surface area contributed by atoms with Crippen molar-refractivity contribution >= 4 is 24.2 Å². The van der Waals surface area contributed by atoms with Gasteiger partial charge < -0.3 is 20.2 Å². The second-order valence-electron chi connectivity index (χ2n) is 8.22. The zero-order chi connectivity index (χ0) is 25.8. The molecule has 0 saturated heterocycles. The summed E-state index contributed by atoms with van der Waals surface area (Å²) < 4.78 is 5.60. The number of amides is 3. The first kappa shape index (κ1) is 27.6. The topological polar surface area (TPSA) is 149 Å². The molecule has 1 heterocycles. The predicted octanol–water partition coefficient (Wildman–Crippen LogP) is 3.20. The van der Waals surface area contributed by atoms with Gasteiger partial charge in [0.1, 0.15) is 5.76 Å². The number of carbonyl (C=O) groups is 4. The van der Waals surface area contributed by atoms with Crippen LogP contribution in [0.5, 0.6) is 0 Å². The van der Waals surface area contributed by atoms with E-state index in [0.717, 1.165) is 19.3 Å². The van der Waals surface area contributed by atoms with Crippen LogP contribution >= 0.6 is 0 Å². The van der Waals surface area contributed by atoms with Crippen molar-refractivity contribution in [2.75, 3.05) is 6.67 Å². The minimum atomic E-state index is -0.920. The van der Waals surface area contributed by atoms with Gasteiger partial charge in [-0.3, -0.25) is 24.4 Å². The lowest BCUT2D eigenvalue weighted by molar-refractivity contribution is -0.168. The number of hydrogen-bond donors (Lipinski definition) is 4. The van der Waals surface area contributed by atoms with Gasteiger partial charge in [-0.2, -0.15) is 0 Å². The van der Waals surface area contributed by atoms with Crippen molar-refractivity contribution in [3.05, 3.63) is 47.7 Å². The first-order valence-corrected chi connectivity index (χ1v) is 11.7. The highest BCUT2D eigenvalue weighted by atomic mass is 16.5. The van der Waals surface area contributed by atoms with Gasteiger partial charge in [-0.05, 0) is 30.5 Å². The molecule has 2 rings (SSSR count). The molecule has 35 heavy (non-hydrogen) atoms. The lowest BCUT2D eigenvalue weighted by atomic mass is 9.90. The van der Waals surface area contributed by atoms with Crippen LogP contribution in [0.15, 0.2) is 40.8 Å². The molecule has 1 aromatic carbocycles. The second kappa shape index (κ2) is 13.9. The summed E-state index contributed by atoms with van der Waals surface area (Å²) in [6.07, 6.45) is 3.78. The quantitative estimate of drug-likeness (QED) is 0.0991. The number of carboxylic acid groups (broad SMARTS) is 1. The Labute approximate surface area is 204 Å². The highest BCUT2D eigenvalue weighted by Gasteiger charge is 2.30. The Hall–Kier alpha value is -3.66. The van der Waals surface area contributed by atoms with Crippen molar-refractivity contribution in [2.24, 2.45) is 5.92 Å². The summed E-state index contributed by atoms with van der Waals surface area (Å²) in [4.78, 5) is 47.1. The van der Waals surface area contributed by atoms with Gasteiger partial charge in [0, 0.05) is 5.56 Å². The van der Waals surface area contributed by atoms with Crippen LogP contribution in [0, 0.1) is 5.92 Å². The van der Waals surface area contributed by atoms with Gasteiger partial charge >= 0.3 is 5.97 Å². The third kappa shape index (κ3) is 8.25. The third-order valence-corrected chi connectivity index (χ3v) is 5.72. The van der Waals surface area contributed by atoms with E-state index in [4.69, 9.17) is 9.52 Å². The molecule has 2 aromatic rings. The fourth-order valence-corrected chi connectivity index (χ4v) is 3.85. The number of furan rings is 1. The largest absolute Gasteiger partial charge is 0.481 e. The maximum Gasteiger partial charge on any atom is 0.307 e. The lowest BCUT2D eigenvalue weighted by Gasteiger charge is -2.29. The van der Waals surface area contributed by atoms with Crippen molar-refractivity contribution in [3.8, 4) is 11.3 Å². The van der Waals surface area contributed by atoms with Gasteiger partial charge in [-0.15, -0.1) is 0 Å². The van der Waals surface area contributed by atoms with E-state index in [-0.39, 0.29) is 24.8 Å². The molecule has 0 aliphatic rings. The SMILES string of the molecule is CCCCCC(C(=O)NCNC(=O)c1ccc(-c2ccc(CC(=O)O)cc2)o1)C(CC)N(O)C=O. The first-order valence-electron chi connectivity index (χ1n) is 11.7. The Morgan fingerprint density at radius 3 is 2.37 bits per heavy atom. The predicted molar refractivity (Wildman–Crippen MR) is 127 cm³/mol. The number of unbranched alkanes of at least 4 members (excludes halogenated alkanes) is 2. The fourth-order valence-electron chi connectivity index (χ4n) is 3.85. The van der Waals surface area contributed by atoms with Crippen LogP contribution in [0.3, 0.4) is 0 Å². The van der Waals surface area contributed by atoms with E-state index >= 15 is 0 Å². The zero-order valence-electron chi connectivity index (χ0n) is 20.0. The lowest BCUT2D eigenvalue weighted by Crippen LogP contribution is -2.47. The van der Waals surface area contributed by atoms with Crippen LogP contribution in [-0.4, -0.2) is 52.3 Å². The number of carbonyl (C=O) groups excluding carboxylic acids is 3. The Bertz CT molecular complexity index is 987. The molecule has 0 radical (unpaired) electrons. The van der Waals surface area contributed by atoms with Crippen LogP contribution in [0.2, 0.25) is 0 Å². The molecule has 1 aromatic heterocycles. The fraction of sp³-hybridized carbons (Fsp3) is 0.440. The summed E-state index contributed by atoms with van der Waals surface area (Å²) in [5, 5.41) is 24.5. The summed E-state index contributed by atoms with van der Waals surface area (Å²) in [5.74, 6) is -1.92. The number of benzene rings is 1.